The van der Waals surface area contributed by atoms with Gasteiger partial charge in [0.05, 0.1) is 4.70 Å². The van der Waals surface area contributed by atoms with E-state index in [1.54, 1.807) is 6.07 Å². The van der Waals surface area contributed by atoms with Crippen LogP contribution in [0.25, 0.3) is 20.8 Å². The number of amides is 1. The van der Waals surface area contributed by atoms with E-state index in [0.717, 1.165) is 46.9 Å². The Morgan fingerprint density at radius 2 is 2.19 bits per heavy atom. The fourth-order valence-corrected chi connectivity index (χ4v) is 5.90. The van der Waals surface area contributed by atoms with Gasteiger partial charge in [0.15, 0.2) is 0 Å². The van der Waals surface area contributed by atoms with Crippen LogP contribution >= 0.6 is 22.7 Å². The third-order valence-corrected chi connectivity index (χ3v) is 7.58. The van der Waals surface area contributed by atoms with Crippen LogP contribution in [-0.2, 0) is 17.8 Å². The maximum absolute atomic E-state index is 13.4. The molecule has 1 amide bonds. The molecule has 0 bridgehead atoms. The van der Waals surface area contributed by atoms with E-state index in [0.29, 0.717) is 28.7 Å². The van der Waals surface area contributed by atoms with Gasteiger partial charge < -0.3 is 16.0 Å². The standard InChI is InChI=1S/C21H25F2N5OS2/c1-3-11(2)25-9-6-15(29)27-20-16(12-4-7-24-10-14(12)31-20)21-28-17-13(30-21)5-8-26-18(17)19(22)23/h5,8,11,19,24-25H,3-4,6-7,9-10H2,1-2H3,(H,27,29). The lowest BCUT2D eigenvalue weighted by atomic mass is 10.0. The molecule has 0 radical (unpaired) electrons. The molecule has 4 heterocycles. The fourth-order valence-electron chi connectivity index (χ4n) is 3.56. The van der Waals surface area contributed by atoms with Crippen LogP contribution in [0.4, 0.5) is 13.8 Å². The number of hydrogen-bond donors (Lipinski definition) is 3. The summed E-state index contributed by atoms with van der Waals surface area (Å²) in [6.07, 6.45) is 0.887. The number of thiophene rings is 1. The van der Waals surface area contributed by atoms with Gasteiger partial charge in [0, 0.05) is 42.2 Å². The van der Waals surface area contributed by atoms with E-state index in [2.05, 4.69) is 39.8 Å². The third-order valence-electron chi connectivity index (χ3n) is 5.39. The molecule has 3 aromatic rings. The number of hydrogen-bond acceptors (Lipinski definition) is 7. The van der Waals surface area contributed by atoms with Crippen molar-refractivity contribution < 1.29 is 13.6 Å². The quantitative estimate of drug-likeness (QED) is 0.449. The van der Waals surface area contributed by atoms with Crippen LogP contribution in [0.1, 0.15) is 49.2 Å². The summed E-state index contributed by atoms with van der Waals surface area (Å²) in [5.74, 6) is -0.0698. The summed E-state index contributed by atoms with van der Waals surface area (Å²) < 4.78 is 27.5. The summed E-state index contributed by atoms with van der Waals surface area (Å²) >= 11 is 2.90. The van der Waals surface area contributed by atoms with Crippen molar-refractivity contribution in [3.63, 3.8) is 0 Å². The summed E-state index contributed by atoms with van der Waals surface area (Å²) in [6, 6.07) is 2.07. The van der Waals surface area contributed by atoms with Crippen LogP contribution < -0.4 is 16.0 Å². The Balaban J connectivity index is 1.66. The zero-order chi connectivity index (χ0) is 22.0. The molecule has 4 rings (SSSR count). The number of nitrogens with one attached hydrogen (secondary N) is 3. The molecule has 3 aromatic heterocycles. The van der Waals surface area contributed by atoms with Crippen LogP contribution in [0.2, 0.25) is 0 Å². The fraction of sp³-hybridized carbons (Fsp3) is 0.476. The number of anilines is 1. The molecule has 0 aromatic carbocycles. The summed E-state index contributed by atoms with van der Waals surface area (Å²) in [5.41, 5.74) is 1.95. The molecule has 1 atom stereocenters. The van der Waals surface area contributed by atoms with Crippen molar-refractivity contribution in [2.45, 2.75) is 52.1 Å². The number of nitrogens with zero attached hydrogens (tertiary/aromatic N) is 2. The first kappa shape index (κ1) is 22.2. The molecule has 1 aliphatic heterocycles. The van der Waals surface area contributed by atoms with Crippen molar-refractivity contribution in [1.29, 1.82) is 0 Å². The Labute approximate surface area is 187 Å². The van der Waals surface area contributed by atoms with Crippen LogP contribution in [-0.4, -0.2) is 35.0 Å². The van der Waals surface area contributed by atoms with E-state index < -0.39 is 6.43 Å². The Kier molecular flexibility index (Phi) is 6.90. The Bertz CT molecular complexity index is 1080. The molecular weight excluding hydrogens is 440 g/mol. The smallest absolute Gasteiger partial charge is 0.282 e. The molecule has 10 heteroatoms. The highest BCUT2D eigenvalue weighted by atomic mass is 32.1. The maximum Gasteiger partial charge on any atom is 0.282 e. The van der Waals surface area contributed by atoms with Crippen molar-refractivity contribution in [2.24, 2.45) is 0 Å². The van der Waals surface area contributed by atoms with Crippen LogP contribution in [0.5, 0.6) is 0 Å². The average Bonchev–Trinajstić information content (AvgIpc) is 3.33. The van der Waals surface area contributed by atoms with E-state index in [-0.39, 0.29) is 17.1 Å². The minimum absolute atomic E-state index is 0.0698. The second-order valence-corrected chi connectivity index (χ2v) is 9.69. The lowest BCUT2D eigenvalue weighted by Gasteiger charge is -2.13. The summed E-state index contributed by atoms with van der Waals surface area (Å²) in [6.45, 7) is 6.35. The largest absolute Gasteiger partial charge is 0.317 e. The number of alkyl halides is 2. The van der Waals surface area contributed by atoms with Gasteiger partial charge in [-0.3, -0.25) is 9.78 Å². The average molecular weight is 466 g/mol. The summed E-state index contributed by atoms with van der Waals surface area (Å²) in [7, 11) is 0. The first-order valence-corrected chi connectivity index (χ1v) is 12.0. The number of fused-ring (bicyclic) bond motifs is 2. The molecule has 31 heavy (non-hydrogen) atoms. The molecular formula is C21H25F2N5OS2. The zero-order valence-electron chi connectivity index (χ0n) is 17.4. The number of carbonyl (C=O) groups is 1. The first-order chi connectivity index (χ1) is 15.0. The Morgan fingerprint density at radius 1 is 1.35 bits per heavy atom. The van der Waals surface area contributed by atoms with Gasteiger partial charge in [0.1, 0.15) is 21.2 Å². The van der Waals surface area contributed by atoms with Crippen molar-refractivity contribution in [1.82, 2.24) is 20.6 Å². The number of carbonyl (C=O) groups excluding carboxylic acids is 1. The van der Waals surface area contributed by atoms with E-state index in [1.807, 2.05) is 0 Å². The van der Waals surface area contributed by atoms with Gasteiger partial charge in [-0.2, -0.15) is 0 Å². The lowest BCUT2D eigenvalue weighted by Crippen LogP contribution is -2.28. The van der Waals surface area contributed by atoms with Gasteiger partial charge in [-0.1, -0.05) is 6.92 Å². The van der Waals surface area contributed by atoms with Crippen LogP contribution in [0.3, 0.4) is 0 Å². The Hall–Kier alpha value is -2.01. The van der Waals surface area contributed by atoms with E-state index >= 15 is 0 Å². The molecule has 0 saturated heterocycles. The molecule has 1 aliphatic rings. The van der Waals surface area contributed by atoms with E-state index in [1.165, 1.54) is 28.9 Å². The molecule has 1 unspecified atom stereocenters. The molecule has 0 aliphatic carbocycles. The van der Waals surface area contributed by atoms with Crippen molar-refractivity contribution in [3.8, 4) is 10.6 Å². The normalized spacial score (nSPS) is 14.7. The van der Waals surface area contributed by atoms with Gasteiger partial charge >= 0.3 is 0 Å². The van der Waals surface area contributed by atoms with Gasteiger partial charge in [-0.05, 0) is 37.9 Å². The number of aromatic nitrogens is 2. The molecule has 6 nitrogen and oxygen atoms in total. The predicted octanol–water partition coefficient (Wildman–Crippen LogP) is 4.72. The maximum atomic E-state index is 13.4. The second-order valence-electron chi connectivity index (χ2n) is 7.56. The highest BCUT2D eigenvalue weighted by molar-refractivity contribution is 7.23. The van der Waals surface area contributed by atoms with Crippen LogP contribution in [0, 0.1) is 0 Å². The minimum Gasteiger partial charge on any atom is -0.317 e. The SMILES string of the molecule is CCC(C)NCCC(=O)Nc1sc2c(c1-c1nc3c(C(F)F)nccc3s1)CCNC2. The monoisotopic (exact) mass is 465 g/mol. The van der Waals surface area contributed by atoms with Crippen molar-refractivity contribution in [3.05, 3.63) is 28.4 Å². The predicted molar refractivity (Wildman–Crippen MR) is 122 cm³/mol. The number of rotatable bonds is 8. The van der Waals surface area contributed by atoms with Crippen molar-refractivity contribution >= 4 is 43.8 Å². The second kappa shape index (κ2) is 9.64. The number of halogens is 2. The number of pyridine rings is 1. The highest BCUT2D eigenvalue weighted by Gasteiger charge is 2.26. The van der Waals surface area contributed by atoms with Crippen LogP contribution in [0.15, 0.2) is 12.3 Å². The molecule has 3 N–H and O–H groups in total. The third kappa shape index (κ3) is 4.77. The number of thiazole rings is 1. The highest BCUT2D eigenvalue weighted by Crippen LogP contribution is 2.45. The van der Waals surface area contributed by atoms with Gasteiger partial charge in [0.25, 0.3) is 6.43 Å². The van der Waals surface area contributed by atoms with Gasteiger partial charge in [0.2, 0.25) is 5.91 Å². The lowest BCUT2D eigenvalue weighted by molar-refractivity contribution is -0.116. The summed E-state index contributed by atoms with van der Waals surface area (Å²) in [4.78, 5) is 22.1. The van der Waals surface area contributed by atoms with E-state index in [4.69, 9.17) is 0 Å². The first-order valence-electron chi connectivity index (χ1n) is 10.4. The molecule has 0 fully saturated rings. The topological polar surface area (TPSA) is 78.9 Å². The van der Waals surface area contributed by atoms with E-state index in [9.17, 15) is 13.6 Å². The molecule has 0 spiro atoms. The molecule has 0 saturated carbocycles. The zero-order valence-corrected chi connectivity index (χ0v) is 19.1. The summed E-state index contributed by atoms with van der Waals surface area (Å²) in [5, 5.41) is 11.1. The van der Waals surface area contributed by atoms with Crippen molar-refractivity contribution in [2.75, 3.05) is 18.4 Å². The minimum atomic E-state index is -2.68. The Morgan fingerprint density at radius 3 is 2.97 bits per heavy atom. The molecule has 166 valence electrons. The van der Waals surface area contributed by atoms with Gasteiger partial charge in [-0.25, -0.2) is 13.8 Å². The van der Waals surface area contributed by atoms with Gasteiger partial charge in [-0.15, -0.1) is 22.7 Å².